The van der Waals surface area contributed by atoms with Crippen molar-refractivity contribution in [2.45, 2.75) is 33.2 Å². The van der Waals surface area contributed by atoms with Crippen molar-refractivity contribution in [1.29, 1.82) is 0 Å². The lowest BCUT2D eigenvalue weighted by Crippen LogP contribution is -2.36. The maximum atomic E-state index is 13.3. The number of benzene rings is 2. The Hall–Kier alpha value is -3.32. The summed E-state index contributed by atoms with van der Waals surface area (Å²) in [6.07, 6.45) is 0.400. The number of fused-ring (bicyclic) bond motifs is 3. The molecule has 31 heavy (non-hydrogen) atoms. The minimum Gasteiger partial charge on any atom is -0.495 e. The third-order valence-corrected chi connectivity index (χ3v) is 5.66. The molecule has 0 spiro atoms. The van der Waals surface area contributed by atoms with Crippen molar-refractivity contribution in [3.05, 3.63) is 69.2 Å². The van der Waals surface area contributed by atoms with Gasteiger partial charge in [0.1, 0.15) is 23.1 Å². The molecule has 0 saturated carbocycles. The Labute approximate surface area is 184 Å². The first kappa shape index (κ1) is 20.9. The third-order valence-electron chi connectivity index (χ3n) is 5.36. The Balaban J connectivity index is 1.76. The number of anilines is 1. The number of methoxy groups -OCH3 is 1. The van der Waals surface area contributed by atoms with E-state index in [0.717, 1.165) is 16.5 Å². The number of ether oxygens (including phenoxy) is 1. The highest BCUT2D eigenvalue weighted by molar-refractivity contribution is 6.32. The smallest absolute Gasteiger partial charge is 0.291 e. The van der Waals surface area contributed by atoms with Gasteiger partial charge in [0.15, 0.2) is 0 Å². The average molecular weight is 439 g/mol. The summed E-state index contributed by atoms with van der Waals surface area (Å²) in [5, 5.41) is 8.66. The number of aryl methyl sites for hydroxylation is 2. The van der Waals surface area contributed by atoms with Crippen molar-refractivity contribution < 1.29 is 9.53 Å². The summed E-state index contributed by atoms with van der Waals surface area (Å²) in [7, 11) is 1.52. The number of aromatic nitrogens is 3. The van der Waals surface area contributed by atoms with Crippen LogP contribution in [0.15, 0.2) is 47.3 Å². The minimum absolute atomic E-state index is 0.311. The summed E-state index contributed by atoms with van der Waals surface area (Å²) in [5.41, 5.74) is 2.73. The Bertz CT molecular complexity index is 1370. The van der Waals surface area contributed by atoms with Crippen LogP contribution in [0.25, 0.3) is 16.4 Å². The lowest BCUT2D eigenvalue weighted by atomic mass is 10.2. The summed E-state index contributed by atoms with van der Waals surface area (Å²) in [6, 6.07) is 12.1. The molecule has 0 aliphatic rings. The van der Waals surface area contributed by atoms with E-state index < -0.39 is 6.04 Å². The predicted octanol–water partition coefficient (Wildman–Crippen LogP) is 4.52. The van der Waals surface area contributed by atoms with Crippen LogP contribution in [0, 0.1) is 13.8 Å². The van der Waals surface area contributed by atoms with Crippen LogP contribution in [0.1, 0.15) is 30.8 Å². The summed E-state index contributed by atoms with van der Waals surface area (Å²) in [4.78, 5) is 26.3. The zero-order valence-electron chi connectivity index (χ0n) is 17.8. The van der Waals surface area contributed by atoms with E-state index in [1.54, 1.807) is 18.2 Å². The number of hydrogen-bond donors (Lipinski definition) is 1. The van der Waals surface area contributed by atoms with Gasteiger partial charge in [-0.05, 0) is 56.7 Å². The maximum Gasteiger partial charge on any atom is 0.291 e. The Morgan fingerprint density at radius 2 is 1.94 bits per heavy atom. The Kier molecular flexibility index (Phi) is 5.45. The van der Waals surface area contributed by atoms with Gasteiger partial charge in [-0.25, -0.2) is 4.68 Å². The molecule has 0 bridgehead atoms. The molecule has 7 nitrogen and oxygen atoms in total. The molecule has 1 atom stereocenters. The number of hydrogen-bond acceptors (Lipinski definition) is 4. The fourth-order valence-corrected chi connectivity index (χ4v) is 4.11. The second kappa shape index (κ2) is 8.07. The first-order valence-corrected chi connectivity index (χ1v) is 10.4. The van der Waals surface area contributed by atoms with Gasteiger partial charge in [-0.3, -0.25) is 14.0 Å². The molecule has 0 aliphatic heterocycles. The summed E-state index contributed by atoms with van der Waals surface area (Å²) in [6.45, 7) is 5.68. The highest BCUT2D eigenvalue weighted by atomic mass is 35.5. The molecule has 2 aromatic heterocycles. The standard InChI is InChI=1S/C23H23ClN4O3/c1-5-18(22(29)25-16-7-9-21(31-4)17(24)12-16)28-23(30)20-11-15-10-13(2)6-8-19(15)27(20)14(3)26-28/h6-12,18H,5H2,1-4H3,(H,25,29). The second-order valence-corrected chi connectivity index (χ2v) is 7.89. The molecule has 1 N–H and O–H groups in total. The highest BCUT2D eigenvalue weighted by Gasteiger charge is 2.24. The predicted molar refractivity (Wildman–Crippen MR) is 122 cm³/mol. The molecular formula is C23H23ClN4O3. The lowest BCUT2D eigenvalue weighted by Gasteiger charge is -2.18. The number of nitrogens with zero attached hydrogens (tertiary/aromatic N) is 3. The van der Waals surface area contributed by atoms with E-state index in [4.69, 9.17) is 16.3 Å². The zero-order chi connectivity index (χ0) is 22.3. The van der Waals surface area contributed by atoms with Crippen LogP contribution >= 0.6 is 11.6 Å². The lowest BCUT2D eigenvalue weighted by molar-refractivity contribution is -0.119. The first-order chi connectivity index (χ1) is 14.8. The van der Waals surface area contributed by atoms with E-state index in [2.05, 4.69) is 10.4 Å². The fraction of sp³-hybridized carbons (Fsp3) is 0.261. The van der Waals surface area contributed by atoms with Gasteiger partial charge in [-0.15, -0.1) is 0 Å². The summed E-state index contributed by atoms with van der Waals surface area (Å²) >= 11 is 6.16. The van der Waals surface area contributed by atoms with Gasteiger partial charge < -0.3 is 10.1 Å². The van der Waals surface area contributed by atoms with Crippen molar-refractivity contribution in [2.24, 2.45) is 0 Å². The molecule has 0 aliphatic carbocycles. The van der Waals surface area contributed by atoms with Crippen molar-refractivity contribution in [3.8, 4) is 5.75 Å². The van der Waals surface area contributed by atoms with Crippen molar-refractivity contribution >= 4 is 39.6 Å². The molecule has 4 aromatic rings. The quantitative estimate of drug-likeness (QED) is 0.497. The van der Waals surface area contributed by atoms with E-state index in [-0.39, 0.29) is 11.5 Å². The molecule has 0 fully saturated rings. The summed E-state index contributed by atoms with van der Waals surface area (Å²) in [5.74, 6) is 0.808. The van der Waals surface area contributed by atoms with Gasteiger partial charge >= 0.3 is 0 Å². The largest absolute Gasteiger partial charge is 0.495 e. The topological polar surface area (TPSA) is 77.6 Å². The number of amides is 1. The van der Waals surface area contributed by atoms with Crippen molar-refractivity contribution in [3.63, 3.8) is 0 Å². The normalized spacial score (nSPS) is 12.3. The van der Waals surface area contributed by atoms with Gasteiger partial charge in [0.25, 0.3) is 5.56 Å². The van der Waals surface area contributed by atoms with Crippen LogP contribution in [0.5, 0.6) is 5.75 Å². The number of carbonyl (C=O) groups is 1. The average Bonchev–Trinajstić information content (AvgIpc) is 3.11. The molecule has 0 radical (unpaired) electrons. The van der Waals surface area contributed by atoms with Crippen molar-refractivity contribution in [1.82, 2.24) is 14.2 Å². The molecule has 8 heteroatoms. The van der Waals surface area contributed by atoms with Crippen LogP contribution in [0.3, 0.4) is 0 Å². The molecular weight excluding hydrogens is 416 g/mol. The molecule has 2 heterocycles. The minimum atomic E-state index is -0.767. The van der Waals surface area contributed by atoms with Crippen LogP contribution in [0.2, 0.25) is 5.02 Å². The van der Waals surface area contributed by atoms with E-state index in [0.29, 0.717) is 34.2 Å². The van der Waals surface area contributed by atoms with Crippen LogP contribution in [-0.4, -0.2) is 27.2 Å². The zero-order valence-corrected chi connectivity index (χ0v) is 18.5. The second-order valence-electron chi connectivity index (χ2n) is 7.49. The molecule has 0 saturated heterocycles. The van der Waals surface area contributed by atoms with Gasteiger partial charge in [0.05, 0.1) is 17.6 Å². The third kappa shape index (κ3) is 3.65. The fourth-order valence-electron chi connectivity index (χ4n) is 3.85. The van der Waals surface area contributed by atoms with Crippen molar-refractivity contribution in [2.75, 3.05) is 12.4 Å². The maximum absolute atomic E-state index is 13.3. The molecule has 2 aromatic carbocycles. The van der Waals surface area contributed by atoms with E-state index in [1.165, 1.54) is 11.8 Å². The van der Waals surface area contributed by atoms with Crippen LogP contribution in [-0.2, 0) is 4.79 Å². The van der Waals surface area contributed by atoms with Crippen LogP contribution in [0.4, 0.5) is 5.69 Å². The number of rotatable bonds is 5. The monoisotopic (exact) mass is 438 g/mol. The molecule has 4 rings (SSSR count). The van der Waals surface area contributed by atoms with E-state index in [9.17, 15) is 9.59 Å². The highest BCUT2D eigenvalue weighted by Crippen LogP contribution is 2.28. The van der Waals surface area contributed by atoms with Gasteiger partial charge in [-0.1, -0.05) is 30.2 Å². The summed E-state index contributed by atoms with van der Waals surface area (Å²) < 4.78 is 8.25. The van der Waals surface area contributed by atoms with Gasteiger partial charge in [0, 0.05) is 11.1 Å². The number of carbonyl (C=O) groups excluding carboxylic acids is 1. The van der Waals surface area contributed by atoms with E-state index in [1.807, 2.05) is 49.4 Å². The molecule has 1 amide bonds. The first-order valence-electron chi connectivity index (χ1n) is 9.99. The molecule has 160 valence electrons. The van der Waals surface area contributed by atoms with E-state index >= 15 is 0 Å². The van der Waals surface area contributed by atoms with Gasteiger partial charge in [-0.2, -0.15) is 5.10 Å². The van der Waals surface area contributed by atoms with Gasteiger partial charge in [0.2, 0.25) is 5.91 Å². The SMILES string of the molecule is CCC(C(=O)Nc1ccc(OC)c(Cl)c1)n1nc(C)n2c(cc3cc(C)ccc32)c1=O. The molecule has 1 unspecified atom stereocenters. The Morgan fingerprint density at radius 3 is 2.61 bits per heavy atom. The van der Waals surface area contributed by atoms with Crippen LogP contribution < -0.4 is 15.6 Å². The number of halogens is 1. The number of nitrogens with one attached hydrogen (secondary N) is 1. The Morgan fingerprint density at radius 1 is 1.16 bits per heavy atom.